The van der Waals surface area contributed by atoms with Crippen molar-refractivity contribution in [3.05, 3.63) is 65.7 Å². The van der Waals surface area contributed by atoms with Crippen LogP contribution >= 0.6 is 0 Å². The molecule has 2 aromatic rings. The largest absolute Gasteiger partial charge is 0.459 e. The molecule has 0 fully saturated rings. The van der Waals surface area contributed by atoms with Crippen LogP contribution < -0.4 is 4.72 Å². The topological polar surface area (TPSA) is 89.5 Å². The van der Waals surface area contributed by atoms with Crippen molar-refractivity contribution in [1.82, 2.24) is 4.72 Å². The van der Waals surface area contributed by atoms with Crippen LogP contribution in [0.15, 0.2) is 59.5 Å². The smallest absolute Gasteiger partial charge is 0.321 e. The minimum Gasteiger partial charge on any atom is -0.459 e. The van der Waals surface area contributed by atoms with Crippen LogP contribution in [0.1, 0.15) is 36.7 Å². The monoisotopic (exact) mass is 389 g/mol. The van der Waals surface area contributed by atoms with Crippen LogP contribution in [0, 0.1) is 0 Å². The van der Waals surface area contributed by atoms with E-state index >= 15 is 0 Å². The standard InChI is InChI=1S/C20H23NO5S/c1-20(2,3)26-19(23)14-21-27(24,25)17-11-9-15(10-12-17)13-18(22)16-7-5-4-6-8-16/h4-12,21H,13-14H2,1-3H3. The summed E-state index contributed by atoms with van der Waals surface area (Å²) in [7, 11) is -3.84. The number of esters is 1. The Labute approximate surface area is 159 Å². The molecular weight excluding hydrogens is 366 g/mol. The van der Waals surface area contributed by atoms with Crippen LogP contribution in [0.4, 0.5) is 0 Å². The summed E-state index contributed by atoms with van der Waals surface area (Å²) in [5.41, 5.74) is 0.623. The van der Waals surface area contributed by atoms with Crippen molar-refractivity contribution in [3.8, 4) is 0 Å². The quantitative estimate of drug-likeness (QED) is 0.581. The van der Waals surface area contributed by atoms with Gasteiger partial charge in [0.05, 0.1) is 4.90 Å². The molecule has 0 spiro atoms. The molecule has 0 heterocycles. The number of sulfonamides is 1. The van der Waals surface area contributed by atoms with Crippen LogP contribution in [0.25, 0.3) is 0 Å². The number of ketones is 1. The van der Waals surface area contributed by atoms with E-state index < -0.39 is 28.1 Å². The zero-order chi connectivity index (χ0) is 20.1. The number of ether oxygens (including phenoxy) is 1. The fraction of sp³-hybridized carbons (Fsp3) is 0.300. The number of rotatable bonds is 7. The fourth-order valence-electron chi connectivity index (χ4n) is 2.31. The second-order valence-corrected chi connectivity index (χ2v) is 8.79. The Kier molecular flexibility index (Phi) is 6.51. The Hall–Kier alpha value is -2.51. The maximum absolute atomic E-state index is 12.3. The lowest BCUT2D eigenvalue weighted by Crippen LogP contribution is -2.34. The summed E-state index contributed by atoms with van der Waals surface area (Å²) >= 11 is 0. The molecule has 0 radical (unpaired) electrons. The zero-order valence-electron chi connectivity index (χ0n) is 15.6. The van der Waals surface area contributed by atoms with E-state index in [9.17, 15) is 18.0 Å². The summed E-state index contributed by atoms with van der Waals surface area (Å²) < 4.78 is 31.8. The van der Waals surface area contributed by atoms with Gasteiger partial charge in [-0.25, -0.2) is 8.42 Å². The lowest BCUT2D eigenvalue weighted by atomic mass is 10.0. The number of hydrogen-bond acceptors (Lipinski definition) is 5. The van der Waals surface area contributed by atoms with Gasteiger partial charge in [0, 0.05) is 12.0 Å². The number of nitrogens with one attached hydrogen (secondary N) is 1. The molecule has 0 atom stereocenters. The molecule has 0 aromatic heterocycles. The molecule has 0 unspecified atom stereocenters. The average molecular weight is 389 g/mol. The maximum atomic E-state index is 12.3. The molecule has 0 aliphatic heterocycles. The van der Waals surface area contributed by atoms with Gasteiger partial charge in [0.2, 0.25) is 10.0 Å². The van der Waals surface area contributed by atoms with Gasteiger partial charge in [-0.2, -0.15) is 4.72 Å². The van der Waals surface area contributed by atoms with Gasteiger partial charge in [-0.15, -0.1) is 0 Å². The van der Waals surface area contributed by atoms with Crippen molar-refractivity contribution >= 4 is 21.8 Å². The molecule has 27 heavy (non-hydrogen) atoms. The number of benzene rings is 2. The Bertz CT molecular complexity index is 898. The van der Waals surface area contributed by atoms with Crippen LogP contribution in [-0.2, 0) is 26.0 Å². The summed E-state index contributed by atoms with van der Waals surface area (Å²) in [6, 6.07) is 14.9. The van der Waals surface area contributed by atoms with Gasteiger partial charge in [0.15, 0.2) is 5.78 Å². The minimum absolute atomic E-state index is 0.0157. The lowest BCUT2D eigenvalue weighted by molar-refractivity contribution is -0.153. The molecular formula is C20H23NO5S. The average Bonchev–Trinajstić information content (AvgIpc) is 2.60. The zero-order valence-corrected chi connectivity index (χ0v) is 16.4. The van der Waals surface area contributed by atoms with E-state index in [4.69, 9.17) is 4.74 Å². The Morgan fingerprint density at radius 3 is 2.11 bits per heavy atom. The molecule has 144 valence electrons. The highest BCUT2D eigenvalue weighted by molar-refractivity contribution is 7.89. The van der Waals surface area contributed by atoms with Crippen LogP contribution in [0.2, 0.25) is 0 Å². The Morgan fingerprint density at radius 2 is 1.56 bits per heavy atom. The Morgan fingerprint density at radius 1 is 0.963 bits per heavy atom. The summed E-state index contributed by atoms with van der Waals surface area (Å²) in [4.78, 5) is 23.9. The van der Waals surface area contributed by atoms with Crippen LogP contribution in [0.5, 0.6) is 0 Å². The van der Waals surface area contributed by atoms with Gasteiger partial charge in [-0.1, -0.05) is 42.5 Å². The van der Waals surface area contributed by atoms with Gasteiger partial charge in [-0.3, -0.25) is 9.59 Å². The number of hydrogen-bond donors (Lipinski definition) is 1. The van der Waals surface area contributed by atoms with Crippen molar-refractivity contribution in [2.45, 2.75) is 37.7 Å². The fourth-order valence-corrected chi connectivity index (χ4v) is 3.28. The molecule has 2 aromatic carbocycles. The van der Waals surface area contributed by atoms with E-state index in [0.717, 1.165) is 0 Å². The highest BCUT2D eigenvalue weighted by atomic mass is 32.2. The number of Topliss-reactive ketones (excluding diaryl/α,β-unsaturated/α-hetero) is 1. The summed E-state index contributed by atoms with van der Waals surface area (Å²) in [5.74, 6) is -0.703. The highest BCUT2D eigenvalue weighted by Gasteiger charge is 2.20. The second-order valence-electron chi connectivity index (χ2n) is 7.02. The first kappa shape index (κ1) is 20.8. The molecule has 0 aliphatic rings. The lowest BCUT2D eigenvalue weighted by Gasteiger charge is -2.19. The van der Waals surface area contributed by atoms with E-state index in [1.807, 2.05) is 6.07 Å². The van der Waals surface area contributed by atoms with Crippen LogP contribution in [-0.4, -0.2) is 32.3 Å². The first-order chi connectivity index (χ1) is 12.6. The van der Waals surface area contributed by atoms with E-state index in [0.29, 0.717) is 11.1 Å². The molecule has 1 N–H and O–H groups in total. The summed E-state index contributed by atoms with van der Waals surface area (Å²) in [6.45, 7) is 4.66. The predicted octanol–water partition coefficient (Wildman–Crippen LogP) is 2.73. The summed E-state index contributed by atoms with van der Waals surface area (Å²) in [6.07, 6.45) is 0.176. The molecule has 0 bridgehead atoms. The van der Waals surface area contributed by atoms with Crippen molar-refractivity contribution in [3.63, 3.8) is 0 Å². The third-order valence-corrected chi connectivity index (χ3v) is 4.94. The van der Waals surface area contributed by atoms with Crippen molar-refractivity contribution in [1.29, 1.82) is 0 Å². The molecule has 0 saturated carbocycles. The van der Waals surface area contributed by atoms with E-state index in [1.54, 1.807) is 57.2 Å². The van der Waals surface area contributed by atoms with Gasteiger partial charge >= 0.3 is 5.97 Å². The van der Waals surface area contributed by atoms with E-state index in [2.05, 4.69) is 4.72 Å². The first-order valence-electron chi connectivity index (χ1n) is 8.45. The maximum Gasteiger partial charge on any atom is 0.321 e. The first-order valence-corrected chi connectivity index (χ1v) is 9.94. The van der Waals surface area contributed by atoms with E-state index in [1.165, 1.54) is 12.1 Å². The molecule has 0 saturated heterocycles. The van der Waals surface area contributed by atoms with Crippen LogP contribution in [0.3, 0.4) is 0 Å². The van der Waals surface area contributed by atoms with Gasteiger partial charge in [0.1, 0.15) is 12.1 Å². The normalized spacial score (nSPS) is 11.8. The third kappa shape index (κ3) is 6.62. The second kappa shape index (κ2) is 8.45. The third-order valence-electron chi connectivity index (χ3n) is 3.52. The van der Waals surface area contributed by atoms with Crippen molar-refractivity contribution in [2.75, 3.05) is 6.54 Å². The van der Waals surface area contributed by atoms with Gasteiger partial charge in [-0.05, 0) is 38.5 Å². The molecule has 0 aliphatic carbocycles. The Balaban J connectivity index is 1.99. The van der Waals surface area contributed by atoms with Gasteiger partial charge in [0.25, 0.3) is 0 Å². The predicted molar refractivity (Wildman–Crippen MR) is 102 cm³/mol. The van der Waals surface area contributed by atoms with Crippen molar-refractivity contribution < 1.29 is 22.7 Å². The SMILES string of the molecule is CC(C)(C)OC(=O)CNS(=O)(=O)c1ccc(CC(=O)c2ccccc2)cc1. The highest BCUT2D eigenvalue weighted by Crippen LogP contribution is 2.13. The van der Waals surface area contributed by atoms with E-state index in [-0.39, 0.29) is 17.1 Å². The molecule has 0 amide bonds. The molecule has 6 nitrogen and oxygen atoms in total. The molecule has 2 rings (SSSR count). The summed E-state index contributed by atoms with van der Waals surface area (Å²) in [5, 5.41) is 0. The van der Waals surface area contributed by atoms with Gasteiger partial charge < -0.3 is 4.74 Å². The minimum atomic E-state index is -3.84. The number of carbonyl (C=O) groups excluding carboxylic acids is 2. The number of carbonyl (C=O) groups is 2. The molecule has 7 heteroatoms. The van der Waals surface area contributed by atoms with Crippen molar-refractivity contribution in [2.24, 2.45) is 0 Å².